The standard InChI is InChI=1S/C9H8INO2/c10-13-8-3-1-7(2-4-8)9-11-5-6-12-9/h1-4H,5-6H2. The average Bonchev–Trinajstić information content (AvgIpc) is 2.71. The highest BCUT2D eigenvalue weighted by Crippen LogP contribution is 2.16. The molecule has 13 heavy (non-hydrogen) atoms. The van der Waals surface area contributed by atoms with Crippen molar-refractivity contribution in [2.24, 2.45) is 4.99 Å². The third-order valence-corrected chi connectivity index (χ3v) is 2.28. The molecule has 0 aromatic heterocycles. The maximum Gasteiger partial charge on any atom is 0.216 e. The molecule has 1 aromatic rings. The van der Waals surface area contributed by atoms with Gasteiger partial charge in [-0.1, -0.05) is 0 Å². The summed E-state index contributed by atoms with van der Waals surface area (Å²) in [6.07, 6.45) is 0. The Morgan fingerprint density at radius 2 is 2.08 bits per heavy atom. The van der Waals surface area contributed by atoms with Gasteiger partial charge in [0.25, 0.3) is 0 Å². The predicted molar refractivity (Wildman–Crippen MR) is 58.4 cm³/mol. The largest absolute Gasteiger partial charge is 0.476 e. The van der Waals surface area contributed by atoms with Crippen LogP contribution in [-0.2, 0) is 4.74 Å². The van der Waals surface area contributed by atoms with Crippen molar-refractivity contribution >= 4 is 28.9 Å². The Balaban J connectivity index is 2.22. The molecule has 0 amide bonds. The summed E-state index contributed by atoms with van der Waals surface area (Å²) in [5.41, 5.74) is 1.01. The van der Waals surface area contributed by atoms with Crippen molar-refractivity contribution < 1.29 is 7.80 Å². The third kappa shape index (κ3) is 1.93. The molecule has 2 rings (SSSR count). The van der Waals surface area contributed by atoms with E-state index < -0.39 is 0 Å². The van der Waals surface area contributed by atoms with Crippen LogP contribution < -0.4 is 3.07 Å². The summed E-state index contributed by atoms with van der Waals surface area (Å²) < 4.78 is 10.3. The molecular formula is C9H8INO2. The van der Waals surface area contributed by atoms with Crippen molar-refractivity contribution in [2.75, 3.05) is 13.2 Å². The van der Waals surface area contributed by atoms with E-state index in [1.165, 1.54) is 0 Å². The predicted octanol–water partition coefficient (Wildman–Crippen LogP) is 2.19. The first-order valence-corrected chi connectivity index (χ1v) is 4.84. The Kier molecular flexibility index (Phi) is 2.68. The number of hydrogen-bond acceptors (Lipinski definition) is 3. The Labute approximate surface area is 90.5 Å². The summed E-state index contributed by atoms with van der Waals surface area (Å²) in [4.78, 5) is 4.21. The molecule has 1 aliphatic heterocycles. The van der Waals surface area contributed by atoms with Gasteiger partial charge in [-0.25, -0.2) is 4.99 Å². The van der Waals surface area contributed by atoms with E-state index in [1.54, 1.807) is 0 Å². The van der Waals surface area contributed by atoms with Crippen molar-refractivity contribution in [3.05, 3.63) is 29.8 Å². The summed E-state index contributed by atoms with van der Waals surface area (Å²) in [5, 5.41) is 0. The zero-order valence-electron chi connectivity index (χ0n) is 6.87. The van der Waals surface area contributed by atoms with Crippen LogP contribution in [0.1, 0.15) is 5.56 Å². The summed E-state index contributed by atoms with van der Waals surface area (Å²) >= 11 is 1.85. The molecule has 0 atom stereocenters. The van der Waals surface area contributed by atoms with Gasteiger partial charge in [-0.3, -0.25) is 0 Å². The molecule has 1 aromatic carbocycles. The Morgan fingerprint density at radius 3 is 2.62 bits per heavy atom. The summed E-state index contributed by atoms with van der Waals surface area (Å²) in [6, 6.07) is 7.67. The van der Waals surface area contributed by atoms with Crippen LogP contribution in [-0.4, -0.2) is 19.0 Å². The Bertz CT molecular complexity index is 321. The molecule has 0 spiro atoms. The second-order valence-corrected chi connectivity index (χ2v) is 3.08. The van der Waals surface area contributed by atoms with E-state index in [9.17, 15) is 0 Å². The highest BCUT2D eigenvalue weighted by atomic mass is 127. The number of rotatable bonds is 2. The van der Waals surface area contributed by atoms with Gasteiger partial charge in [0.05, 0.1) is 6.54 Å². The molecule has 0 saturated carbocycles. The number of ether oxygens (including phenoxy) is 1. The smallest absolute Gasteiger partial charge is 0.216 e. The highest BCUT2D eigenvalue weighted by Gasteiger charge is 2.09. The van der Waals surface area contributed by atoms with Crippen molar-refractivity contribution in [3.63, 3.8) is 0 Å². The minimum Gasteiger partial charge on any atom is -0.476 e. The fraction of sp³-hybridized carbons (Fsp3) is 0.222. The SMILES string of the molecule is IOc1ccc(C2=NCCO2)cc1. The lowest BCUT2D eigenvalue weighted by atomic mass is 10.2. The Hall–Kier alpha value is -0.780. The lowest BCUT2D eigenvalue weighted by Crippen LogP contribution is -2.00. The average molecular weight is 289 g/mol. The van der Waals surface area contributed by atoms with Crippen molar-refractivity contribution in [3.8, 4) is 5.75 Å². The van der Waals surface area contributed by atoms with Gasteiger partial charge in [-0.15, -0.1) is 0 Å². The molecule has 0 N–H and O–H groups in total. The molecule has 1 aliphatic rings. The van der Waals surface area contributed by atoms with E-state index in [1.807, 2.05) is 47.3 Å². The maximum atomic E-state index is 5.32. The van der Waals surface area contributed by atoms with Crippen LogP contribution in [0.5, 0.6) is 5.75 Å². The van der Waals surface area contributed by atoms with Gasteiger partial charge in [0.15, 0.2) is 23.0 Å². The first kappa shape index (κ1) is 8.80. The van der Waals surface area contributed by atoms with E-state index >= 15 is 0 Å². The van der Waals surface area contributed by atoms with E-state index in [2.05, 4.69) is 4.99 Å². The molecule has 0 aliphatic carbocycles. The Morgan fingerprint density at radius 1 is 1.31 bits per heavy atom. The second-order valence-electron chi connectivity index (χ2n) is 2.64. The van der Waals surface area contributed by atoms with Gasteiger partial charge < -0.3 is 7.80 Å². The molecule has 3 nitrogen and oxygen atoms in total. The lowest BCUT2D eigenvalue weighted by Gasteiger charge is -2.01. The molecule has 0 fully saturated rings. The van der Waals surface area contributed by atoms with Crippen LogP contribution in [0.15, 0.2) is 29.3 Å². The van der Waals surface area contributed by atoms with Crippen LogP contribution in [0.2, 0.25) is 0 Å². The molecule has 0 saturated heterocycles. The van der Waals surface area contributed by atoms with Crippen LogP contribution >= 0.6 is 23.0 Å². The zero-order valence-corrected chi connectivity index (χ0v) is 9.02. The second kappa shape index (κ2) is 3.95. The van der Waals surface area contributed by atoms with Crippen LogP contribution in [0.3, 0.4) is 0 Å². The number of aliphatic imine (C=N–C) groups is 1. The van der Waals surface area contributed by atoms with Gasteiger partial charge in [0, 0.05) is 5.56 Å². The fourth-order valence-corrected chi connectivity index (χ4v) is 1.45. The molecular weight excluding hydrogens is 281 g/mol. The van der Waals surface area contributed by atoms with Crippen molar-refractivity contribution in [1.82, 2.24) is 0 Å². The summed E-state index contributed by atoms with van der Waals surface area (Å²) in [5.74, 6) is 1.57. The lowest BCUT2D eigenvalue weighted by molar-refractivity contribution is 0.348. The van der Waals surface area contributed by atoms with Crippen LogP contribution in [0.4, 0.5) is 0 Å². The van der Waals surface area contributed by atoms with Gasteiger partial charge >= 0.3 is 0 Å². The van der Waals surface area contributed by atoms with E-state index in [0.29, 0.717) is 6.61 Å². The minimum absolute atomic E-state index is 0.694. The topological polar surface area (TPSA) is 30.8 Å². The fourth-order valence-electron chi connectivity index (χ4n) is 1.16. The van der Waals surface area contributed by atoms with Crippen molar-refractivity contribution in [1.29, 1.82) is 0 Å². The van der Waals surface area contributed by atoms with Crippen LogP contribution in [0, 0.1) is 0 Å². The quantitative estimate of drug-likeness (QED) is 0.781. The molecule has 1 heterocycles. The van der Waals surface area contributed by atoms with Crippen LogP contribution in [0.25, 0.3) is 0 Å². The summed E-state index contributed by atoms with van der Waals surface area (Å²) in [6.45, 7) is 1.46. The minimum atomic E-state index is 0.694. The van der Waals surface area contributed by atoms with Gasteiger partial charge in [0.2, 0.25) is 5.90 Å². The molecule has 4 heteroatoms. The van der Waals surface area contributed by atoms with Gasteiger partial charge in [-0.2, -0.15) is 0 Å². The number of hydrogen-bond donors (Lipinski definition) is 0. The van der Waals surface area contributed by atoms with Gasteiger partial charge in [0.1, 0.15) is 12.4 Å². The number of benzene rings is 1. The van der Waals surface area contributed by atoms with Crippen molar-refractivity contribution in [2.45, 2.75) is 0 Å². The molecule has 0 unspecified atom stereocenters. The first-order chi connectivity index (χ1) is 6.40. The normalized spacial score (nSPS) is 15.0. The summed E-state index contributed by atoms with van der Waals surface area (Å²) in [7, 11) is 0. The zero-order chi connectivity index (χ0) is 9.10. The molecule has 0 bridgehead atoms. The van der Waals surface area contributed by atoms with E-state index in [4.69, 9.17) is 7.80 Å². The van der Waals surface area contributed by atoms with E-state index in [-0.39, 0.29) is 0 Å². The van der Waals surface area contributed by atoms with E-state index in [0.717, 1.165) is 23.8 Å². The number of nitrogens with zero attached hydrogens (tertiary/aromatic N) is 1. The first-order valence-electron chi connectivity index (χ1n) is 3.96. The monoisotopic (exact) mass is 289 g/mol. The highest BCUT2D eigenvalue weighted by molar-refractivity contribution is 14.1. The third-order valence-electron chi connectivity index (χ3n) is 1.78. The maximum absolute atomic E-state index is 5.32. The number of halogens is 1. The molecule has 68 valence electrons. The molecule has 0 radical (unpaired) electrons. The van der Waals surface area contributed by atoms with Gasteiger partial charge in [-0.05, 0) is 24.3 Å².